The zero-order valence-corrected chi connectivity index (χ0v) is 14.8. The Morgan fingerprint density at radius 3 is 2.09 bits per heavy atom. The maximum atomic E-state index is 10.2. The molecule has 0 bridgehead atoms. The Morgan fingerprint density at radius 2 is 1.57 bits per heavy atom. The number of anilines is 1. The first kappa shape index (κ1) is 19.6. The number of hydrogen-bond donors (Lipinski definition) is 2. The van der Waals surface area contributed by atoms with Gasteiger partial charge in [-0.15, -0.1) is 0 Å². The van der Waals surface area contributed by atoms with E-state index in [1.807, 2.05) is 19.0 Å². The number of aliphatic hydroxyl groups excluding tert-OH is 1. The van der Waals surface area contributed by atoms with Crippen molar-refractivity contribution in [1.82, 2.24) is 4.98 Å². The Hall–Kier alpha value is -1.49. The van der Waals surface area contributed by atoms with Gasteiger partial charge in [-0.1, -0.05) is 38.5 Å². The van der Waals surface area contributed by atoms with E-state index in [-0.39, 0.29) is 5.75 Å². The summed E-state index contributed by atoms with van der Waals surface area (Å²) >= 11 is 0. The molecule has 1 aromatic heterocycles. The minimum absolute atomic E-state index is 0.169. The zero-order chi connectivity index (χ0) is 17.1. The monoisotopic (exact) mass is 324 g/mol. The molecule has 1 aromatic rings. The largest absolute Gasteiger partial charge is 0.503 e. The van der Waals surface area contributed by atoms with Crippen LogP contribution in [0.2, 0.25) is 0 Å². The van der Waals surface area contributed by atoms with E-state index in [1.54, 1.807) is 13.2 Å². The normalized spacial score (nSPS) is 10.8. The molecular weight excluding hydrogens is 292 g/mol. The topological polar surface area (TPSA) is 65.8 Å². The number of aromatic nitrogens is 1. The van der Waals surface area contributed by atoms with E-state index in [9.17, 15) is 5.11 Å². The summed E-state index contributed by atoms with van der Waals surface area (Å²) in [4.78, 5) is 6.43. The summed E-state index contributed by atoms with van der Waals surface area (Å²) in [6.07, 6.45) is 9.91. The summed E-state index contributed by atoms with van der Waals surface area (Å²) in [5.41, 5.74) is 0.719. The molecule has 23 heavy (non-hydrogen) atoms. The van der Waals surface area contributed by atoms with Crippen molar-refractivity contribution in [2.45, 2.75) is 57.8 Å². The van der Waals surface area contributed by atoms with Gasteiger partial charge >= 0.3 is 0 Å². The van der Waals surface area contributed by atoms with Crippen molar-refractivity contribution in [3.8, 4) is 11.5 Å². The fourth-order valence-corrected chi connectivity index (χ4v) is 2.58. The highest BCUT2D eigenvalue weighted by atomic mass is 16.5. The van der Waals surface area contributed by atoms with Gasteiger partial charge in [0.1, 0.15) is 5.82 Å². The molecule has 0 saturated heterocycles. The van der Waals surface area contributed by atoms with Gasteiger partial charge in [-0.3, -0.25) is 0 Å². The van der Waals surface area contributed by atoms with Gasteiger partial charge in [0.05, 0.1) is 12.8 Å². The van der Waals surface area contributed by atoms with E-state index in [0.29, 0.717) is 12.4 Å². The Balaban J connectivity index is 2.35. The predicted molar refractivity (Wildman–Crippen MR) is 94.5 cm³/mol. The van der Waals surface area contributed by atoms with Gasteiger partial charge in [-0.25, -0.2) is 4.98 Å². The van der Waals surface area contributed by atoms with Gasteiger partial charge < -0.3 is 19.8 Å². The van der Waals surface area contributed by atoms with Gasteiger partial charge in [0.2, 0.25) is 0 Å². The van der Waals surface area contributed by atoms with Crippen molar-refractivity contribution < 1.29 is 14.9 Å². The van der Waals surface area contributed by atoms with Crippen molar-refractivity contribution in [2.24, 2.45) is 0 Å². The Morgan fingerprint density at radius 1 is 1.00 bits per heavy atom. The lowest BCUT2D eigenvalue weighted by Crippen LogP contribution is -2.12. The highest BCUT2D eigenvalue weighted by Gasteiger charge is 2.13. The Kier molecular flexibility index (Phi) is 9.45. The lowest BCUT2D eigenvalue weighted by molar-refractivity contribution is 0.282. The third kappa shape index (κ3) is 7.08. The molecule has 0 saturated carbocycles. The van der Waals surface area contributed by atoms with Crippen LogP contribution in [0.4, 0.5) is 5.82 Å². The van der Waals surface area contributed by atoms with E-state index in [1.165, 1.54) is 25.7 Å². The number of ether oxygens (including phenoxy) is 1. The summed E-state index contributed by atoms with van der Waals surface area (Å²) in [7, 11) is 5.42. The van der Waals surface area contributed by atoms with E-state index in [0.717, 1.165) is 43.6 Å². The smallest absolute Gasteiger partial charge is 0.179 e. The summed E-state index contributed by atoms with van der Waals surface area (Å²) in [6, 6.07) is 1.76. The van der Waals surface area contributed by atoms with Crippen LogP contribution >= 0.6 is 0 Å². The fourth-order valence-electron chi connectivity index (χ4n) is 2.58. The number of methoxy groups -OCH3 is 1. The van der Waals surface area contributed by atoms with Crippen molar-refractivity contribution >= 4 is 5.82 Å². The molecule has 0 aliphatic rings. The Labute approximate surface area is 140 Å². The summed E-state index contributed by atoms with van der Waals surface area (Å²) in [5, 5.41) is 18.9. The molecule has 0 amide bonds. The molecule has 0 atom stereocenters. The second-order valence-corrected chi connectivity index (χ2v) is 6.17. The first-order valence-corrected chi connectivity index (χ1v) is 8.65. The highest BCUT2D eigenvalue weighted by Crippen LogP contribution is 2.32. The van der Waals surface area contributed by atoms with Crippen molar-refractivity contribution in [3.63, 3.8) is 0 Å². The molecule has 1 heterocycles. The average molecular weight is 324 g/mol. The number of aryl methyl sites for hydroxylation is 1. The van der Waals surface area contributed by atoms with Gasteiger partial charge in [0.25, 0.3) is 0 Å². The second kappa shape index (κ2) is 11.1. The standard InChI is InChI=1S/C18H32N2O3/c1-20(2)17-14-16(23-3)18(22)15(19-17)12-10-8-6-4-5-7-9-11-13-21/h14,21-22H,4-13H2,1-3H3. The first-order valence-electron chi connectivity index (χ1n) is 8.65. The van der Waals surface area contributed by atoms with E-state index >= 15 is 0 Å². The third-order valence-corrected chi connectivity index (χ3v) is 4.02. The van der Waals surface area contributed by atoms with Gasteiger partial charge in [-0.2, -0.15) is 0 Å². The van der Waals surface area contributed by atoms with Crippen LogP contribution in [0.5, 0.6) is 11.5 Å². The van der Waals surface area contributed by atoms with Crippen LogP contribution in [-0.2, 0) is 6.42 Å². The molecule has 0 aliphatic heterocycles. The quantitative estimate of drug-likeness (QED) is 0.576. The molecule has 2 N–H and O–H groups in total. The second-order valence-electron chi connectivity index (χ2n) is 6.17. The SMILES string of the molecule is COc1cc(N(C)C)nc(CCCCCCCCCCO)c1O. The molecule has 0 aromatic carbocycles. The van der Waals surface area contributed by atoms with E-state index in [2.05, 4.69) is 4.98 Å². The molecule has 0 aliphatic carbocycles. The molecule has 0 radical (unpaired) electrons. The lowest BCUT2D eigenvalue weighted by Gasteiger charge is -2.16. The van der Waals surface area contributed by atoms with Gasteiger partial charge in [0.15, 0.2) is 11.5 Å². The van der Waals surface area contributed by atoms with E-state index < -0.39 is 0 Å². The van der Waals surface area contributed by atoms with Crippen molar-refractivity contribution in [2.75, 3.05) is 32.7 Å². The summed E-state index contributed by atoms with van der Waals surface area (Å²) in [5.74, 6) is 1.46. The molecule has 5 heteroatoms. The van der Waals surface area contributed by atoms with Crippen molar-refractivity contribution in [3.05, 3.63) is 11.8 Å². The molecular formula is C18H32N2O3. The van der Waals surface area contributed by atoms with Crippen LogP contribution in [0.25, 0.3) is 0 Å². The molecule has 0 fully saturated rings. The molecule has 1 rings (SSSR count). The van der Waals surface area contributed by atoms with Crippen LogP contribution < -0.4 is 9.64 Å². The third-order valence-electron chi connectivity index (χ3n) is 4.02. The van der Waals surface area contributed by atoms with E-state index in [4.69, 9.17) is 9.84 Å². The highest BCUT2D eigenvalue weighted by molar-refractivity contribution is 5.52. The summed E-state index contributed by atoms with van der Waals surface area (Å²) < 4.78 is 5.23. The Bertz CT molecular complexity index is 450. The van der Waals surface area contributed by atoms with Crippen molar-refractivity contribution in [1.29, 1.82) is 0 Å². The number of pyridine rings is 1. The van der Waals surface area contributed by atoms with Crippen LogP contribution in [0.3, 0.4) is 0 Å². The van der Waals surface area contributed by atoms with Crippen LogP contribution in [-0.4, -0.2) is 43.0 Å². The fraction of sp³-hybridized carbons (Fsp3) is 0.722. The number of aromatic hydroxyl groups is 1. The molecule has 5 nitrogen and oxygen atoms in total. The molecule has 0 spiro atoms. The number of nitrogens with zero attached hydrogens (tertiary/aromatic N) is 2. The maximum absolute atomic E-state index is 10.2. The minimum atomic E-state index is 0.169. The number of unbranched alkanes of at least 4 members (excludes halogenated alkanes) is 7. The van der Waals surface area contributed by atoms with Crippen LogP contribution in [0.1, 0.15) is 57.1 Å². The number of rotatable bonds is 12. The van der Waals surface area contributed by atoms with Crippen LogP contribution in [0.15, 0.2) is 6.07 Å². The van der Waals surface area contributed by atoms with Gasteiger partial charge in [0, 0.05) is 26.8 Å². The number of hydrogen-bond acceptors (Lipinski definition) is 5. The van der Waals surface area contributed by atoms with Gasteiger partial charge in [-0.05, 0) is 19.3 Å². The lowest BCUT2D eigenvalue weighted by atomic mass is 10.1. The average Bonchev–Trinajstić information content (AvgIpc) is 2.54. The number of aliphatic hydroxyl groups is 1. The van der Waals surface area contributed by atoms with Crippen LogP contribution in [0, 0.1) is 0 Å². The first-order chi connectivity index (χ1) is 11.1. The minimum Gasteiger partial charge on any atom is -0.503 e. The predicted octanol–water partition coefficient (Wildman–Crippen LogP) is 3.52. The maximum Gasteiger partial charge on any atom is 0.179 e. The molecule has 132 valence electrons. The molecule has 0 unspecified atom stereocenters. The summed E-state index contributed by atoms with van der Waals surface area (Å²) in [6.45, 7) is 0.311. The zero-order valence-electron chi connectivity index (χ0n) is 14.8.